The number of fused-ring (bicyclic) bond motifs is 1. The van der Waals surface area contributed by atoms with Crippen molar-refractivity contribution in [1.82, 2.24) is 24.2 Å². The van der Waals surface area contributed by atoms with Crippen LogP contribution < -0.4 is 0 Å². The predicted octanol–water partition coefficient (Wildman–Crippen LogP) is 2.64. The van der Waals surface area contributed by atoms with E-state index in [0.29, 0.717) is 11.8 Å². The molecule has 3 heterocycles. The van der Waals surface area contributed by atoms with E-state index in [9.17, 15) is 0 Å². The first-order chi connectivity index (χ1) is 10.2. The van der Waals surface area contributed by atoms with Crippen molar-refractivity contribution in [3.05, 3.63) is 11.5 Å². The molecule has 1 saturated heterocycles. The van der Waals surface area contributed by atoms with E-state index in [1.807, 2.05) is 6.92 Å². The van der Waals surface area contributed by atoms with Crippen LogP contribution in [0, 0.1) is 12.8 Å². The first kappa shape index (κ1) is 14.9. The highest BCUT2D eigenvalue weighted by Crippen LogP contribution is 2.25. The minimum atomic E-state index is 0.460. The predicted molar refractivity (Wildman–Crippen MR) is 85.7 cm³/mol. The molecule has 21 heavy (non-hydrogen) atoms. The van der Waals surface area contributed by atoms with Gasteiger partial charge in [0.1, 0.15) is 11.3 Å². The number of aromatic nitrogens is 4. The number of hydrogen-bond acceptors (Lipinski definition) is 3. The van der Waals surface area contributed by atoms with Gasteiger partial charge in [-0.1, -0.05) is 6.92 Å². The zero-order valence-corrected chi connectivity index (χ0v) is 13.9. The third-order valence-corrected chi connectivity index (χ3v) is 4.79. The Morgan fingerprint density at radius 1 is 1.29 bits per heavy atom. The number of hydrogen-bond donors (Lipinski definition) is 0. The maximum atomic E-state index is 6.13. The lowest BCUT2D eigenvalue weighted by Gasteiger charge is -2.15. The largest absolute Gasteiger partial charge is 0.312 e. The molecule has 1 aliphatic heterocycles. The van der Waals surface area contributed by atoms with Crippen molar-refractivity contribution in [3.8, 4) is 0 Å². The molecule has 0 aromatic carbocycles. The number of likely N-dealkylation sites (tertiary alicyclic amines) is 1. The second-order valence-electron chi connectivity index (χ2n) is 5.89. The molecule has 0 radical (unpaired) electrons. The van der Waals surface area contributed by atoms with Gasteiger partial charge in [-0.05, 0) is 39.3 Å². The fraction of sp³-hybridized carbons (Fsp3) is 0.733. The quantitative estimate of drug-likeness (QED) is 0.797. The third kappa shape index (κ3) is 2.57. The first-order valence-electron chi connectivity index (χ1n) is 7.88. The Labute approximate surface area is 130 Å². The molecule has 2 aromatic rings. The summed E-state index contributed by atoms with van der Waals surface area (Å²) in [7, 11) is 0. The van der Waals surface area contributed by atoms with E-state index < -0.39 is 0 Å². The van der Waals surface area contributed by atoms with Crippen molar-refractivity contribution in [2.75, 3.05) is 19.6 Å². The molecule has 6 heteroatoms. The Bertz CT molecular complexity index is 630. The summed E-state index contributed by atoms with van der Waals surface area (Å²) >= 11 is 6.13. The highest BCUT2D eigenvalue weighted by Gasteiger charge is 2.25. The van der Waals surface area contributed by atoms with Gasteiger partial charge in [-0.2, -0.15) is 5.10 Å². The lowest BCUT2D eigenvalue weighted by Crippen LogP contribution is -2.22. The summed E-state index contributed by atoms with van der Waals surface area (Å²) in [5.41, 5.74) is 3.15. The molecule has 3 rings (SSSR count). The van der Waals surface area contributed by atoms with Crippen LogP contribution in [-0.2, 0) is 19.0 Å². The molecule has 0 aliphatic carbocycles. The summed E-state index contributed by atoms with van der Waals surface area (Å²) in [5, 5.41) is 4.59. The summed E-state index contributed by atoms with van der Waals surface area (Å²) in [5.74, 6) is 2.12. The van der Waals surface area contributed by atoms with Gasteiger partial charge in [0, 0.05) is 19.6 Å². The van der Waals surface area contributed by atoms with Gasteiger partial charge in [-0.3, -0.25) is 0 Å². The summed E-state index contributed by atoms with van der Waals surface area (Å²) in [6.45, 7) is 11.8. The van der Waals surface area contributed by atoms with E-state index in [-0.39, 0.29) is 0 Å². The molecule has 1 fully saturated rings. The van der Waals surface area contributed by atoms with Gasteiger partial charge in [0.25, 0.3) is 0 Å². The van der Waals surface area contributed by atoms with Crippen molar-refractivity contribution in [1.29, 1.82) is 0 Å². The molecular formula is C15H24ClN5. The number of aryl methyl sites for hydroxylation is 2. The SMILES string of the molecule is CCN1CCC(Cn2c(CCl)nc3c(C)nn(CC)c32)C1. The van der Waals surface area contributed by atoms with Crippen LogP contribution in [-0.4, -0.2) is 43.9 Å². The summed E-state index contributed by atoms with van der Waals surface area (Å²) in [6.07, 6.45) is 1.26. The molecule has 1 atom stereocenters. The van der Waals surface area contributed by atoms with Gasteiger partial charge in [0.2, 0.25) is 0 Å². The minimum Gasteiger partial charge on any atom is -0.312 e. The topological polar surface area (TPSA) is 38.9 Å². The number of rotatable bonds is 5. The fourth-order valence-electron chi connectivity index (χ4n) is 3.39. The molecule has 0 amide bonds. The van der Waals surface area contributed by atoms with E-state index in [0.717, 1.165) is 42.3 Å². The maximum Gasteiger partial charge on any atom is 0.158 e. The van der Waals surface area contributed by atoms with Crippen LogP contribution in [0.2, 0.25) is 0 Å². The molecular weight excluding hydrogens is 286 g/mol. The number of alkyl halides is 1. The van der Waals surface area contributed by atoms with Crippen molar-refractivity contribution >= 4 is 22.8 Å². The second-order valence-corrected chi connectivity index (χ2v) is 6.16. The highest BCUT2D eigenvalue weighted by atomic mass is 35.5. The maximum absolute atomic E-state index is 6.13. The lowest BCUT2D eigenvalue weighted by atomic mass is 10.1. The molecule has 0 bridgehead atoms. The van der Waals surface area contributed by atoms with Crippen molar-refractivity contribution in [2.24, 2.45) is 5.92 Å². The molecule has 1 unspecified atom stereocenters. The monoisotopic (exact) mass is 309 g/mol. The lowest BCUT2D eigenvalue weighted by molar-refractivity contribution is 0.332. The molecule has 5 nitrogen and oxygen atoms in total. The smallest absolute Gasteiger partial charge is 0.158 e. The molecule has 0 N–H and O–H groups in total. The molecule has 1 aliphatic rings. The van der Waals surface area contributed by atoms with Gasteiger partial charge < -0.3 is 9.47 Å². The van der Waals surface area contributed by atoms with Gasteiger partial charge >= 0.3 is 0 Å². The van der Waals surface area contributed by atoms with Crippen molar-refractivity contribution in [3.63, 3.8) is 0 Å². The average Bonchev–Trinajstić information content (AvgIpc) is 3.16. The van der Waals surface area contributed by atoms with Gasteiger partial charge in [0.05, 0.1) is 11.6 Å². The Hall–Kier alpha value is -1.07. The van der Waals surface area contributed by atoms with Crippen molar-refractivity contribution < 1.29 is 0 Å². The number of halogens is 1. The van der Waals surface area contributed by atoms with Crippen LogP contribution in [0.1, 0.15) is 31.8 Å². The number of imidazole rings is 1. The van der Waals surface area contributed by atoms with E-state index in [4.69, 9.17) is 16.6 Å². The fourth-order valence-corrected chi connectivity index (χ4v) is 3.60. The number of nitrogens with zero attached hydrogens (tertiary/aromatic N) is 5. The first-order valence-corrected chi connectivity index (χ1v) is 8.42. The Balaban J connectivity index is 1.96. The van der Waals surface area contributed by atoms with Crippen LogP contribution in [0.5, 0.6) is 0 Å². The highest BCUT2D eigenvalue weighted by molar-refractivity contribution is 6.16. The Kier molecular flexibility index (Phi) is 4.22. The summed E-state index contributed by atoms with van der Waals surface area (Å²) < 4.78 is 4.36. The molecule has 0 saturated carbocycles. The van der Waals surface area contributed by atoms with E-state index in [1.165, 1.54) is 19.5 Å². The minimum absolute atomic E-state index is 0.460. The Morgan fingerprint density at radius 3 is 2.71 bits per heavy atom. The summed E-state index contributed by atoms with van der Waals surface area (Å²) in [6, 6.07) is 0. The van der Waals surface area contributed by atoms with Crippen LogP contribution in [0.25, 0.3) is 11.2 Å². The van der Waals surface area contributed by atoms with E-state index >= 15 is 0 Å². The van der Waals surface area contributed by atoms with Crippen molar-refractivity contribution in [2.45, 2.75) is 46.2 Å². The van der Waals surface area contributed by atoms with E-state index in [2.05, 4.69) is 33.1 Å². The molecule has 2 aromatic heterocycles. The van der Waals surface area contributed by atoms with Crippen LogP contribution in [0.4, 0.5) is 0 Å². The second kappa shape index (κ2) is 5.97. The van der Waals surface area contributed by atoms with E-state index in [1.54, 1.807) is 0 Å². The normalized spacial score (nSPS) is 19.9. The van der Waals surface area contributed by atoms with Crippen LogP contribution in [0.3, 0.4) is 0 Å². The molecule has 116 valence electrons. The Morgan fingerprint density at radius 2 is 2.10 bits per heavy atom. The van der Waals surface area contributed by atoms with Gasteiger partial charge in [-0.25, -0.2) is 9.67 Å². The van der Waals surface area contributed by atoms with Crippen LogP contribution >= 0.6 is 11.6 Å². The van der Waals surface area contributed by atoms with Gasteiger partial charge in [-0.15, -0.1) is 11.6 Å². The summed E-state index contributed by atoms with van der Waals surface area (Å²) in [4.78, 5) is 7.23. The van der Waals surface area contributed by atoms with Crippen LogP contribution in [0.15, 0.2) is 0 Å². The molecule has 0 spiro atoms. The third-order valence-electron chi connectivity index (χ3n) is 4.55. The zero-order chi connectivity index (χ0) is 15.0. The average molecular weight is 310 g/mol. The zero-order valence-electron chi connectivity index (χ0n) is 13.1. The standard InChI is InChI=1S/C15H24ClN5/c1-4-19-7-6-12(9-19)10-20-13(8-16)17-14-11(3)18-21(5-2)15(14)20/h12H,4-10H2,1-3H3. The van der Waals surface area contributed by atoms with Gasteiger partial charge in [0.15, 0.2) is 5.65 Å².